The normalized spacial score (nSPS) is 11.4. The van der Waals surface area contributed by atoms with Crippen LogP contribution >= 0.6 is 22.6 Å². The standard InChI is InChI=1S/C12H8F3IN2O/c13-12(14,15)7-5-10(17)18-11(6-7)19-9-4-2-1-3-8(9)16/h1-6H,(H2,17,18). The van der Waals surface area contributed by atoms with Crippen LogP contribution in [0.15, 0.2) is 36.4 Å². The maximum Gasteiger partial charge on any atom is 0.416 e. The fraction of sp³-hybridized carbons (Fsp3) is 0.0833. The lowest BCUT2D eigenvalue weighted by Crippen LogP contribution is -2.07. The van der Waals surface area contributed by atoms with E-state index < -0.39 is 11.7 Å². The van der Waals surface area contributed by atoms with Crippen molar-refractivity contribution in [3.8, 4) is 11.6 Å². The predicted octanol–water partition coefficient (Wildman–Crippen LogP) is 4.08. The number of nitrogens with zero attached hydrogens (tertiary/aromatic N) is 1. The first-order valence-electron chi connectivity index (χ1n) is 5.13. The van der Waals surface area contributed by atoms with Crippen LogP contribution < -0.4 is 10.5 Å². The quantitative estimate of drug-likeness (QED) is 0.799. The summed E-state index contributed by atoms with van der Waals surface area (Å²) in [6.45, 7) is 0. The second-order valence-corrected chi connectivity index (χ2v) is 4.81. The van der Waals surface area contributed by atoms with Gasteiger partial charge in [0.05, 0.1) is 9.13 Å². The van der Waals surface area contributed by atoms with E-state index >= 15 is 0 Å². The molecule has 0 amide bonds. The van der Waals surface area contributed by atoms with Gasteiger partial charge in [0, 0.05) is 6.07 Å². The lowest BCUT2D eigenvalue weighted by atomic mass is 10.2. The van der Waals surface area contributed by atoms with Gasteiger partial charge in [0.1, 0.15) is 11.6 Å². The smallest absolute Gasteiger partial charge is 0.416 e. The Balaban J connectivity index is 2.36. The van der Waals surface area contributed by atoms with Gasteiger partial charge < -0.3 is 10.5 Å². The molecule has 2 rings (SSSR count). The summed E-state index contributed by atoms with van der Waals surface area (Å²) in [5.74, 6) is 0.00142. The summed E-state index contributed by atoms with van der Waals surface area (Å²) in [7, 11) is 0. The highest BCUT2D eigenvalue weighted by Crippen LogP contribution is 2.33. The summed E-state index contributed by atoms with van der Waals surface area (Å²) < 4.78 is 44.0. The van der Waals surface area contributed by atoms with Crippen molar-refractivity contribution < 1.29 is 17.9 Å². The summed E-state index contributed by atoms with van der Waals surface area (Å²) in [5, 5.41) is 0. The highest BCUT2D eigenvalue weighted by Gasteiger charge is 2.31. The minimum Gasteiger partial charge on any atom is -0.438 e. The van der Waals surface area contributed by atoms with Crippen molar-refractivity contribution in [2.24, 2.45) is 0 Å². The van der Waals surface area contributed by atoms with Crippen molar-refractivity contribution in [1.29, 1.82) is 0 Å². The van der Waals surface area contributed by atoms with Crippen LogP contribution in [0.4, 0.5) is 19.0 Å². The molecule has 0 fully saturated rings. The molecule has 1 aromatic heterocycles. The number of nitrogen functional groups attached to an aromatic ring is 1. The molecule has 0 aliphatic heterocycles. The van der Waals surface area contributed by atoms with Crippen molar-refractivity contribution in [1.82, 2.24) is 4.98 Å². The van der Waals surface area contributed by atoms with Gasteiger partial charge in [-0.3, -0.25) is 0 Å². The zero-order valence-electron chi connectivity index (χ0n) is 9.41. The Labute approximate surface area is 120 Å². The molecule has 19 heavy (non-hydrogen) atoms. The number of benzene rings is 1. The molecule has 0 aliphatic rings. The van der Waals surface area contributed by atoms with E-state index in [1.807, 2.05) is 22.6 Å². The van der Waals surface area contributed by atoms with E-state index in [1.54, 1.807) is 24.3 Å². The van der Waals surface area contributed by atoms with Crippen molar-refractivity contribution in [3.63, 3.8) is 0 Å². The van der Waals surface area contributed by atoms with E-state index in [1.165, 1.54) is 0 Å². The molecule has 0 saturated heterocycles. The molecule has 100 valence electrons. The van der Waals surface area contributed by atoms with Gasteiger partial charge in [-0.2, -0.15) is 18.2 Å². The number of halogens is 4. The number of ether oxygens (including phenoxy) is 1. The Bertz CT molecular complexity index is 602. The van der Waals surface area contributed by atoms with Crippen molar-refractivity contribution in [2.75, 3.05) is 5.73 Å². The third kappa shape index (κ3) is 3.49. The zero-order chi connectivity index (χ0) is 14.0. The van der Waals surface area contributed by atoms with Crippen LogP contribution in [0.1, 0.15) is 5.56 Å². The Morgan fingerprint density at radius 1 is 1.16 bits per heavy atom. The predicted molar refractivity (Wildman–Crippen MR) is 72.9 cm³/mol. The van der Waals surface area contributed by atoms with Crippen LogP contribution in [-0.2, 0) is 6.18 Å². The molecule has 1 aromatic carbocycles. The monoisotopic (exact) mass is 380 g/mol. The molecule has 2 N–H and O–H groups in total. The van der Waals surface area contributed by atoms with Gasteiger partial charge in [0.2, 0.25) is 5.88 Å². The molecule has 0 spiro atoms. The first kappa shape index (κ1) is 13.9. The van der Waals surface area contributed by atoms with E-state index in [0.717, 1.165) is 15.7 Å². The Hall–Kier alpha value is -1.51. The van der Waals surface area contributed by atoms with E-state index in [9.17, 15) is 13.2 Å². The molecule has 7 heteroatoms. The molecule has 0 saturated carbocycles. The summed E-state index contributed by atoms with van der Waals surface area (Å²) >= 11 is 2.01. The maximum absolute atomic E-state index is 12.6. The minimum absolute atomic E-state index is 0.184. The van der Waals surface area contributed by atoms with E-state index in [4.69, 9.17) is 10.5 Å². The van der Waals surface area contributed by atoms with Crippen LogP contribution in [0.3, 0.4) is 0 Å². The molecular formula is C12H8F3IN2O. The van der Waals surface area contributed by atoms with Gasteiger partial charge in [-0.25, -0.2) is 0 Å². The van der Waals surface area contributed by atoms with E-state index in [-0.39, 0.29) is 11.7 Å². The van der Waals surface area contributed by atoms with Gasteiger partial charge in [0.25, 0.3) is 0 Å². The average molecular weight is 380 g/mol. The number of hydrogen-bond acceptors (Lipinski definition) is 3. The number of anilines is 1. The number of aromatic nitrogens is 1. The van der Waals surface area contributed by atoms with Crippen molar-refractivity contribution in [3.05, 3.63) is 45.5 Å². The number of pyridine rings is 1. The number of alkyl halides is 3. The first-order chi connectivity index (χ1) is 8.86. The number of hydrogen-bond donors (Lipinski definition) is 1. The average Bonchev–Trinajstić information content (AvgIpc) is 2.30. The zero-order valence-corrected chi connectivity index (χ0v) is 11.6. The van der Waals surface area contributed by atoms with Gasteiger partial charge in [-0.05, 0) is 40.8 Å². The van der Waals surface area contributed by atoms with Crippen molar-refractivity contribution >= 4 is 28.4 Å². The van der Waals surface area contributed by atoms with E-state index in [2.05, 4.69) is 4.98 Å². The Kier molecular flexibility index (Phi) is 3.83. The number of para-hydroxylation sites is 1. The molecule has 1 heterocycles. The molecular weight excluding hydrogens is 372 g/mol. The van der Waals surface area contributed by atoms with Crippen molar-refractivity contribution in [2.45, 2.75) is 6.18 Å². The van der Waals surface area contributed by atoms with Crippen LogP contribution in [0.5, 0.6) is 11.6 Å². The summed E-state index contributed by atoms with van der Waals surface area (Å²) in [5.41, 5.74) is 4.47. The fourth-order valence-electron chi connectivity index (χ4n) is 1.38. The van der Waals surface area contributed by atoms with E-state index in [0.29, 0.717) is 5.75 Å². The molecule has 2 aromatic rings. The molecule has 0 radical (unpaired) electrons. The number of nitrogens with two attached hydrogens (primary N) is 1. The van der Waals surface area contributed by atoms with Gasteiger partial charge in [-0.15, -0.1) is 0 Å². The molecule has 0 atom stereocenters. The van der Waals surface area contributed by atoms with Gasteiger partial charge in [0.15, 0.2) is 0 Å². The van der Waals surface area contributed by atoms with Crippen LogP contribution in [0.2, 0.25) is 0 Å². The van der Waals surface area contributed by atoms with Gasteiger partial charge in [-0.1, -0.05) is 12.1 Å². The van der Waals surface area contributed by atoms with Crippen LogP contribution in [-0.4, -0.2) is 4.98 Å². The fourth-order valence-corrected chi connectivity index (χ4v) is 1.88. The van der Waals surface area contributed by atoms with Crippen LogP contribution in [0, 0.1) is 3.57 Å². The Morgan fingerprint density at radius 2 is 1.84 bits per heavy atom. The third-order valence-electron chi connectivity index (χ3n) is 2.20. The molecule has 0 bridgehead atoms. The largest absolute Gasteiger partial charge is 0.438 e. The summed E-state index contributed by atoms with van der Waals surface area (Å²) in [4.78, 5) is 3.74. The highest BCUT2D eigenvalue weighted by atomic mass is 127. The SMILES string of the molecule is Nc1cc(C(F)(F)F)cc(Oc2ccccc2I)n1. The highest BCUT2D eigenvalue weighted by molar-refractivity contribution is 14.1. The molecule has 0 unspecified atom stereocenters. The maximum atomic E-state index is 12.6. The third-order valence-corrected chi connectivity index (χ3v) is 3.09. The second kappa shape index (κ2) is 5.24. The lowest BCUT2D eigenvalue weighted by Gasteiger charge is -2.11. The second-order valence-electron chi connectivity index (χ2n) is 3.65. The molecule has 3 nitrogen and oxygen atoms in total. The lowest BCUT2D eigenvalue weighted by molar-refractivity contribution is -0.137. The summed E-state index contributed by atoms with van der Waals surface area (Å²) in [6.07, 6.45) is -4.49. The topological polar surface area (TPSA) is 48.1 Å². The Morgan fingerprint density at radius 3 is 2.47 bits per heavy atom. The van der Waals surface area contributed by atoms with Gasteiger partial charge >= 0.3 is 6.18 Å². The summed E-state index contributed by atoms with van der Waals surface area (Å²) in [6, 6.07) is 8.51. The van der Waals surface area contributed by atoms with Crippen LogP contribution in [0.25, 0.3) is 0 Å². The number of rotatable bonds is 2. The minimum atomic E-state index is -4.49. The first-order valence-corrected chi connectivity index (χ1v) is 6.21. The molecule has 0 aliphatic carbocycles.